The van der Waals surface area contributed by atoms with Crippen molar-refractivity contribution < 1.29 is 9.47 Å². The number of rotatable bonds is 6. The Morgan fingerprint density at radius 2 is 1.52 bits per heavy atom. The zero-order valence-corrected chi connectivity index (χ0v) is 14.4. The molecule has 3 rings (SSSR count). The summed E-state index contributed by atoms with van der Waals surface area (Å²) < 4.78 is 10.6. The standard InChI is InChI=1S/C19H20N4O2/c1-13-4-6-14(7-5-13)22-18-11-19(21-12-20-18)23-16-9-8-15(24-2)10-17(16)25-3/h4-12H,1-3H3,(H2,20,21,22,23). The summed E-state index contributed by atoms with van der Waals surface area (Å²) in [7, 11) is 3.24. The summed E-state index contributed by atoms with van der Waals surface area (Å²) in [5.74, 6) is 2.76. The van der Waals surface area contributed by atoms with Crippen LogP contribution in [-0.2, 0) is 0 Å². The predicted molar refractivity (Wildman–Crippen MR) is 99.3 cm³/mol. The molecule has 3 aromatic rings. The summed E-state index contributed by atoms with van der Waals surface area (Å²) in [6.07, 6.45) is 1.51. The molecule has 2 N–H and O–H groups in total. The second kappa shape index (κ2) is 7.53. The Labute approximate surface area is 146 Å². The largest absolute Gasteiger partial charge is 0.497 e. The number of nitrogens with one attached hydrogen (secondary N) is 2. The van der Waals surface area contributed by atoms with E-state index in [2.05, 4.69) is 27.5 Å². The van der Waals surface area contributed by atoms with E-state index in [4.69, 9.17) is 9.47 Å². The molecule has 0 aliphatic heterocycles. The minimum atomic E-state index is 0.660. The minimum Gasteiger partial charge on any atom is -0.497 e. The topological polar surface area (TPSA) is 68.3 Å². The number of methoxy groups -OCH3 is 2. The highest BCUT2D eigenvalue weighted by atomic mass is 16.5. The maximum atomic E-state index is 5.40. The van der Waals surface area contributed by atoms with Gasteiger partial charge in [-0.05, 0) is 31.2 Å². The fourth-order valence-corrected chi connectivity index (χ4v) is 2.32. The van der Waals surface area contributed by atoms with Gasteiger partial charge in [0, 0.05) is 17.8 Å². The molecule has 0 radical (unpaired) electrons. The third-order valence-corrected chi connectivity index (χ3v) is 3.66. The molecule has 0 spiro atoms. The van der Waals surface area contributed by atoms with Crippen LogP contribution in [0.5, 0.6) is 11.5 Å². The van der Waals surface area contributed by atoms with E-state index >= 15 is 0 Å². The maximum Gasteiger partial charge on any atom is 0.146 e. The van der Waals surface area contributed by atoms with Gasteiger partial charge in [0.15, 0.2) is 0 Å². The summed E-state index contributed by atoms with van der Waals surface area (Å²) in [4.78, 5) is 8.51. The zero-order valence-electron chi connectivity index (χ0n) is 14.4. The van der Waals surface area contributed by atoms with Crippen LogP contribution in [0.25, 0.3) is 0 Å². The lowest BCUT2D eigenvalue weighted by atomic mass is 10.2. The van der Waals surface area contributed by atoms with Crippen molar-refractivity contribution in [3.8, 4) is 11.5 Å². The van der Waals surface area contributed by atoms with Crippen LogP contribution in [0.2, 0.25) is 0 Å². The molecule has 0 aliphatic carbocycles. The molecule has 6 heteroatoms. The van der Waals surface area contributed by atoms with Gasteiger partial charge >= 0.3 is 0 Å². The molecule has 128 valence electrons. The van der Waals surface area contributed by atoms with Crippen molar-refractivity contribution in [1.29, 1.82) is 0 Å². The van der Waals surface area contributed by atoms with Crippen molar-refractivity contribution in [2.75, 3.05) is 24.9 Å². The van der Waals surface area contributed by atoms with Crippen molar-refractivity contribution in [2.24, 2.45) is 0 Å². The van der Waals surface area contributed by atoms with Crippen LogP contribution in [0.1, 0.15) is 5.56 Å². The average molecular weight is 336 g/mol. The third kappa shape index (κ3) is 4.17. The van der Waals surface area contributed by atoms with Crippen LogP contribution in [0.4, 0.5) is 23.0 Å². The molecular formula is C19H20N4O2. The number of hydrogen-bond donors (Lipinski definition) is 2. The molecule has 0 saturated carbocycles. The van der Waals surface area contributed by atoms with Gasteiger partial charge in [0.1, 0.15) is 29.5 Å². The Balaban J connectivity index is 1.79. The van der Waals surface area contributed by atoms with Gasteiger partial charge in [-0.25, -0.2) is 9.97 Å². The second-order valence-corrected chi connectivity index (χ2v) is 5.47. The molecule has 0 aliphatic rings. The average Bonchev–Trinajstić information content (AvgIpc) is 2.64. The highest BCUT2D eigenvalue weighted by Gasteiger charge is 2.07. The summed E-state index contributed by atoms with van der Waals surface area (Å²) >= 11 is 0. The molecule has 1 heterocycles. The first-order valence-electron chi connectivity index (χ1n) is 7.83. The smallest absolute Gasteiger partial charge is 0.146 e. The molecule has 0 unspecified atom stereocenters. The molecule has 0 saturated heterocycles. The van der Waals surface area contributed by atoms with E-state index in [9.17, 15) is 0 Å². The molecular weight excluding hydrogens is 316 g/mol. The number of nitrogens with zero attached hydrogens (tertiary/aromatic N) is 2. The zero-order chi connectivity index (χ0) is 17.6. The summed E-state index contributed by atoms with van der Waals surface area (Å²) in [5, 5.41) is 6.50. The molecule has 0 bridgehead atoms. The van der Waals surface area contributed by atoms with Gasteiger partial charge in [-0.3, -0.25) is 0 Å². The van der Waals surface area contributed by atoms with Crippen molar-refractivity contribution in [3.05, 3.63) is 60.4 Å². The van der Waals surface area contributed by atoms with E-state index in [1.165, 1.54) is 11.9 Å². The van der Waals surface area contributed by atoms with Crippen LogP contribution in [0.3, 0.4) is 0 Å². The van der Waals surface area contributed by atoms with Gasteiger partial charge in [-0.2, -0.15) is 0 Å². The van der Waals surface area contributed by atoms with Crippen LogP contribution in [-0.4, -0.2) is 24.2 Å². The number of aryl methyl sites for hydroxylation is 1. The number of ether oxygens (including phenoxy) is 2. The van der Waals surface area contributed by atoms with E-state index < -0.39 is 0 Å². The maximum absolute atomic E-state index is 5.40. The van der Waals surface area contributed by atoms with Crippen LogP contribution < -0.4 is 20.1 Å². The molecule has 0 fully saturated rings. The SMILES string of the molecule is COc1ccc(Nc2cc(Nc3ccc(C)cc3)ncn2)c(OC)c1. The highest BCUT2D eigenvalue weighted by Crippen LogP contribution is 2.31. The first-order chi connectivity index (χ1) is 12.2. The number of anilines is 4. The van der Waals surface area contributed by atoms with Crippen LogP contribution in [0.15, 0.2) is 54.9 Å². The lowest BCUT2D eigenvalue weighted by Crippen LogP contribution is -2.00. The molecule has 0 amide bonds. The Hall–Kier alpha value is -3.28. The van der Waals surface area contributed by atoms with Gasteiger partial charge in [-0.1, -0.05) is 17.7 Å². The van der Waals surface area contributed by atoms with Gasteiger partial charge in [-0.15, -0.1) is 0 Å². The van der Waals surface area contributed by atoms with Crippen molar-refractivity contribution >= 4 is 23.0 Å². The lowest BCUT2D eigenvalue weighted by molar-refractivity contribution is 0.395. The summed E-state index contributed by atoms with van der Waals surface area (Å²) in [5.41, 5.74) is 2.97. The summed E-state index contributed by atoms with van der Waals surface area (Å²) in [6.45, 7) is 2.05. The van der Waals surface area contributed by atoms with E-state index in [1.807, 2.05) is 48.5 Å². The molecule has 2 aromatic carbocycles. The Morgan fingerprint density at radius 1 is 0.800 bits per heavy atom. The minimum absolute atomic E-state index is 0.660. The fraction of sp³-hybridized carbons (Fsp3) is 0.158. The molecule has 25 heavy (non-hydrogen) atoms. The first-order valence-corrected chi connectivity index (χ1v) is 7.83. The quantitative estimate of drug-likeness (QED) is 0.700. The summed E-state index contributed by atoms with van der Waals surface area (Å²) in [6, 6.07) is 15.5. The number of aromatic nitrogens is 2. The van der Waals surface area contributed by atoms with Crippen molar-refractivity contribution in [1.82, 2.24) is 9.97 Å². The Bertz CT molecular complexity index is 850. The van der Waals surface area contributed by atoms with Crippen LogP contribution in [0, 0.1) is 6.92 Å². The van der Waals surface area contributed by atoms with Gasteiger partial charge in [0.2, 0.25) is 0 Å². The van der Waals surface area contributed by atoms with E-state index in [0.717, 1.165) is 17.1 Å². The van der Waals surface area contributed by atoms with Gasteiger partial charge in [0.05, 0.1) is 19.9 Å². The number of hydrogen-bond acceptors (Lipinski definition) is 6. The predicted octanol–water partition coefficient (Wildman–Crippen LogP) is 4.29. The van der Waals surface area contributed by atoms with Gasteiger partial charge in [0.25, 0.3) is 0 Å². The monoisotopic (exact) mass is 336 g/mol. The lowest BCUT2D eigenvalue weighted by Gasteiger charge is -2.13. The highest BCUT2D eigenvalue weighted by molar-refractivity contribution is 5.68. The van der Waals surface area contributed by atoms with Crippen molar-refractivity contribution in [3.63, 3.8) is 0 Å². The fourth-order valence-electron chi connectivity index (χ4n) is 2.32. The normalized spacial score (nSPS) is 10.2. The van der Waals surface area contributed by atoms with Crippen LogP contribution >= 0.6 is 0 Å². The van der Waals surface area contributed by atoms with Gasteiger partial charge < -0.3 is 20.1 Å². The van der Waals surface area contributed by atoms with E-state index in [-0.39, 0.29) is 0 Å². The molecule has 6 nitrogen and oxygen atoms in total. The van der Waals surface area contributed by atoms with Crippen molar-refractivity contribution in [2.45, 2.75) is 6.92 Å². The van der Waals surface area contributed by atoms with E-state index in [0.29, 0.717) is 17.4 Å². The second-order valence-electron chi connectivity index (χ2n) is 5.47. The van der Waals surface area contributed by atoms with E-state index in [1.54, 1.807) is 14.2 Å². The molecule has 0 atom stereocenters. The molecule has 1 aromatic heterocycles. The Morgan fingerprint density at radius 3 is 2.20 bits per heavy atom. The third-order valence-electron chi connectivity index (χ3n) is 3.66. The first kappa shape index (κ1) is 16.6. The number of benzene rings is 2. The Kier molecular flexibility index (Phi) is 4.99.